The highest BCUT2D eigenvalue weighted by Crippen LogP contribution is 2.09. The van der Waals surface area contributed by atoms with E-state index in [-0.39, 0.29) is 0 Å². The zero-order valence-electron chi connectivity index (χ0n) is 11.8. The largest absolute Gasteiger partial charge is 0.389 e. The van der Waals surface area contributed by atoms with Gasteiger partial charge in [0.2, 0.25) is 0 Å². The van der Waals surface area contributed by atoms with Gasteiger partial charge in [0.25, 0.3) is 0 Å². The van der Waals surface area contributed by atoms with Crippen molar-refractivity contribution in [2.45, 2.75) is 52.4 Å². The molecule has 0 aliphatic rings. The first-order chi connectivity index (χ1) is 9.17. The topological polar surface area (TPSA) is 43.4 Å². The van der Waals surface area contributed by atoms with Crippen LogP contribution in [0.15, 0.2) is 24.3 Å². The van der Waals surface area contributed by atoms with E-state index in [4.69, 9.17) is 4.74 Å². The molecule has 0 aliphatic heterocycles. The lowest BCUT2D eigenvalue weighted by Crippen LogP contribution is -2.12. The van der Waals surface area contributed by atoms with Crippen LogP contribution in [0.3, 0.4) is 0 Å². The van der Waals surface area contributed by atoms with E-state index >= 15 is 0 Å². The molecule has 3 nitrogen and oxygen atoms in total. The van der Waals surface area contributed by atoms with Crippen molar-refractivity contribution < 1.29 is 14.3 Å². The highest BCUT2D eigenvalue weighted by atomic mass is 16.6. The van der Waals surface area contributed by atoms with Crippen molar-refractivity contribution in [3.63, 3.8) is 0 Å². The summed E-state index contributed by atoms with van der Waals surface area (Å²) in [6, 6.07) is 7.24. The van der Waals surface area contributed by atoms with E-state index in [1.807, 2.05) is 12.1 Å². The monoisotopic (exact) mass is 262 g/mol. The fourth-order valence-electron chi connectivity index (χ4n) is 1.83. The number of benzene rings is 1. The molecule has 0 saturated carbocycles. The van der Waals surface area contributed by atoms with Crippen molar-refractivity contribution in [3.05, 3.63) is 35.4 Å². The molecule has 0 saturated heterocycles. The first-order valence-electron chi connectivity index (χ1n) is 7.01. The summed E-state index contributed by atoms with van der Waals surface area (Å²) < 4.78 is 4.80. The molecule has 3 heteroatoms. The van der Waals surface area contributed by atoms with Crippen molar-refractivity contribution in [1.82, 2.24) is 0 Å². The molecule has 0 bridgehead atoms. The van der Waals surface area contributed by atoms with E-state index in [0.717, 1.165) is 32.1 Å². The Morgan fingerprint density at radius 2 is 1.68 bits per heavy atom. The van der Waals surface area contributed by atoms with Crippen LogP contribution in [0.5, 0.6) is 0 Å². The second-order valence-electron chi connectivity index (χ2n) is 4.67. The molecular formula is C16H22O3. The number of hydrogen-bond donors (Lipinski definition) is 0. The Bertz CT molecular complexity index is 407. The van der Waals surface area contributed by atoms with Gasteiger partial charge in [-0.25, -0.2) is 4.79 Å². The Hall–Kier alpha value is -1.64. The molecule has 0 aromatic heterocycles. The van der Waals surface area contributed by atoms with Gasteiger partial charge >= 0.3 is 11.9 Å². The van der Waals surface area contributed by atoms with Crippen molar-refractivity contribution in [2.75, 3.05) is 0 Å². The summed E-state index contributed by atoms with van der Waals surface area (Å²) in [5, 5.41) is 0. The summed E-state index contributed by atoms with van der Waals surface area (Å²) in [5.74, 6) is -0.986. The summed E-state index contributed by atoms with van der Waals surface area (Å²) in [6.45, 7) is 4.17. The van der Waals surface area contributed by atoms with Gasteiger partial charge in [-0.2, -0.15) is 0 Å². The number of hydrogen-bond acceptors (Lipinski definition) is 3. The number of carbonyl (C=O) groups excluding carboxylic acids is 2. The minimum Gasteiger partial charge on any atom is -0.389 e. The van der Waals surface area contributed by atoms with Crippen molar-refractivity contribution in [2.24, 2.45) is 0 Å². The third kappa shape index (κ3) is 5.69. The van der Waals surface area contributed by atoms with Crippen molar-refractivity contribution >= 4 is 11.9 Å². The van der Waals surface area contributed by atoms with Gasteiger partial charge < -0.3 is 4.74 Å². The maximum Gasteiger partial charge on any atom is 0.345 e. The Labute approximate surface area is 115 Å². The fourth-order valence-corrected chi connectivity index (χ4v) is 1.83. The summed E-state index contributed by atoms with van der Waals surface area (Å²) in [7, 11) is 0. The zero-order valence-corrected chi connectivity index (χ0v) is 11.8. The van der Waals surface area contributed by atoms with Crippen LogP contribution in [0, 0.1) is 0 Å². The molecule has 1 rings (SSSR count). The van der Waals surface area contributed by atoms with Gasteiger partial charge in [-0.05, 0) is 30.5 Å². The third-order valence-corrected chi connectivity index (χ3v) is 2.92. The lowest BCUT2D eigenvalue weighted by molar-refractivity contribution is -0.138. The van der Waals surface area contributed by atoms with Crippen LogP contribution >= 0.6 is 0 Å². The number of carbonyl (C=O) groups is 2. The Morgan fingerprint density at radius 1 is 1.00 bits per heavy atom. The lowest BCUT2D eigenvalue weighted by Gasteiger charge is -2.04. The van der Waals surface area contributed by atoms with Gasteiger partial charge in [-0.3, -0.25) is 4.79 Å². The molecule has 0 radical (unpaired) electrons. The van der Waals surface area contributed by atoms with Gasteiger partial charge in [0.1, 0.15) is 0 Å². The lowest BCUT2D eigenvalue weighted by atomic mass is 10.1. The van der Waals surface area contributed by atoms with Gasteiger partial charge in [-0.1, -0.05) is 45.2 Å². The van der Waals surface area contributed by atoms with E-state index in [0.29, 0.717) is 12.0 Å². The molecule has 0 spiro atoms. The Kier molecular flexibility index (Phi) is 6.86. The molecular weight excluding hydrogens is 240 g/mol. The van der Waals surface area contributed by atoms with E-state index in [1.54, 1.807) is 12.1 Å². The maximum absolute atomic E-state index is 11.7. The number of aryl methyl sites for hydroxylation is 1. The highest BCUT2D eigenvalue weighted by molar-refractivity contribution is 5.96. The standard InChI is InChI=1S/C16H22O3/c1-3-5-6-8-15(17)19-16(18)14-11-9-13(7-4-2)10-12-14/h9-12H,3-8H2,1-2H3. The van der Waals surface area contributed by atoms with Gasteiger partial charge in [0.05, 0.1) is 5.56 Å². The fraction of sp³-hybridized carbons (Fsp3) is 0.500. The zero-order chi connectivity index (χ0) is 14.1. The average Bonchev–Trinajstić information content (AvgIpc) is 2.40. The predicted octanol–water partition coefficient (Wildman–Crippen LogP) is 3.90. The summed E-state index contributed by atoms with van der Waals surface area (Å²) in [6.07, 6.45) is 5.17. The predicted molar refractivity (Wildman–Crippen MR) is 75.0 cm³/mol. The molecule has 0 aliphatic carbocycles. The van der Waals surface area contributed by atoms with Gasteiger partial charge in [0.15, 0.2) is 0 Å². The van der Waals surface area contributed by atoms with E-state index in [1.165, 1.54) is 5.56 Å². The van der Waals surface area contributed by atoms with Crippen molar-refractivity contribution in [3.8, 4) is 0 Å². The molecule has 0 fully saturated rings. The van der Waals surface area contributed by atoms with Crippen LogP contribution in [0.25, 0.3) is 0 Å². The minimum absolute atomic E-state index is 0.313. The number of esters is 2. The molecule has 0 heterocycles. The van der Waals surface area contributed by atoms with Crippen LogP contribution in [-0.4, -0.2) is 11.9 Å². The van der Waals surface area contributed by atoms with Gasteiger partial charge in [0, 0.05) is 6.42 Å². The SMILES string of the molecule is CCCCCC(=O)OC(=O)c1ccc(CCC)cc1. The van der Waals surface area contributed by atoms with Crippen LogP contribution in [-0.2, 0) is 16.0 Å². The third-order valence-electron chi connectivity index (χ3n) is 2.92. The van der Waals surface area contributed by atoms with Gasteiger partial charge in [-0.15, -0.1) is 0 Å². The van der Waals surface area contributed by atoms with Crippen LogP contribution in [0.2, 0.25) is 0 Å². The molecule has 0 unspecified atom stereocenters. The highest BCUT2D eigenvalue weighted by Gasteiger charge is 2.12. The molecule has 19 heavy (non-hydrogen) atoms. The molecule has 1 aromatic rings. The maximum atomic E-state index is 11.7. The van der Waals surface area contributed by atoms with Crippen molar-refractivity contribution in [1.29, 1.82) is 0 Å². The van der Waals surface area contributed by atoms with E-state index in [9.17, 15) is 9.59 Å². The second kappa shape index (κ2) is 8.46. The smallest absolute Gasteiger partial charge is 0.345 e. The quantitative estimate of drug-likeness (QED) is 0.425. The first-order valence-corrected chi connectivity index (χ1v) is 7.01. The molecule has 1 aromatic carbocycles. The van der Waals surface area contributed by atoms with Crippen LogP contribution in [0.1, 0.15) is 61.9 Å². The summed E-state index contributed by atoms with van der Waals surface area (Å²) in [5.41, 5.74) is 1.62. The second-order valence-corrected chi connectivity index (χ2v) is 4.67. The minimum atomic E-state index is -0.551. The first kappa shape index (κ1) is 15.4. The summed E-state index contributed by atoms with van der Waals surface area (Å²) >= 11 is 0. The molecule has 0 atom stereocenters. The number of unbranched alkanes of at least 4 members (excludes halogenated alkanes) is 2. The Morgan fingerprint density at radius 3 is 2.26 bits per heavy atom. The van der Waals surface area contributed by atoms with Crippen LogP contribution in [0.4, 0.5) is 0 Å². The van der Waals surface area contributed by atoms with E-state index < -0.39 is 11.9 Å². The average molecular weight is 262 g/mol. The van der Waals surface area contributed by atoms with E-state index in [2.05, 4.69) is 13.8 Å². The summed E-state index contributed by atoms with van der Waals surface area (Å²) in [4.78, 5) is 23.1. The number of ether oxygens (including phenoxy) is 1. The normalized spacial score (nSPS) is 10.2. The molecule has 104 valence electrons. The Balaban J connectivity index is 2.46. The van der Waals surface area contributed by atoms with Crippen LogP contribution < -0.4 is 0 Å². The molecule has 0 amide bonds. The number of rotatable bonds is 7. The molecule has 0 N–H and O–H groups in total.